The van der Waals surface area contributed by atoms with Gasteiger partial charge in [0.2, 0.25) is 5.91 Å². The Morgan fingerprint density at radius 1 is 1.31 bits per heavy atom. The van der Waals surface area contributed by atoms with Crippen molar-refractivity contribution in [3.63, 3.8) is 0 Å². The first-order chi connectivity index (χ1) is 7.86. The van der Waals surface area contributed by atoms with Gasteiger partial charge in [0, 0.05) is 18.5 Å². The Kier molecular flexibility index (Phi) is 4.40. The van der Waals surface area contributed by atoms with Crippen molar-refractivity contribution in [1.29, 1.82) is 0 Å². The first-order valence-electron chi connectivity index (χ1n) is 6.52. The fraction of sp³-hybridized carbons (Fsp3) is 0.769. The number of nitrogens with one attached hydrogen (secondary N) is 2. The van der Waals surface area contributed by atoms with E-state index in [-0.39, 0.29) is 11.8 Å². The zero-order valence-corrected chi connectivity index (χ0v) is 9.87. The van der Waals surface area contributed by atoms with Crippen LogP contribution < -0.4 is 10.6 Å². The molecule has 1 amide bonds. The summed E-state index contributed by atoms with van der Waals surface area (Å²) in [5.74, 6) is 0.463. The van der Waals surface area contributed by atoms with E-state index in [0.717, 1.165) is 32.4 Å². The van der Waals surface area contributed by atoms with E-state index in [0.29, 0.717) is 6.04 Å². The van der Waals surface area contributed by atoms with Crippen molar-refractivity contribution >= 4 is 5.91 Å². The summed E-state index contributed by atoms with van der Waals surface area (Å²) in [6.07, 6.45) is 11.1. The lowest BCUT2D eigenvalue weighted by Crippen LogP contribution is -2.45. The van der Waals surface area contributed by atoms with Crippen LogP contribution in [-0.4, -0.2) is 25.0 Å². The van der Waals surface area contributed by atoms with E-state index >= 15 is 0 Å². The Hall–Kier alpha value is -0.830. The molecule has 0 radical (unpaired) electrons. The van der Waals surface area contributed by atoms with E-state index in [2.05, 4.69) is 22.8 Å². The number of amides is 1. The summed E-state index contributed by atoms with van der Waals surface area (Å²) >= 11 is 0. The van der Waals surface area contributed by atoms with Crippen molar-refractivity contribution in [2.75, 3.05) is 13.1 Å². The normalized spacial score (nSPS) is 30.0. The van der Waals surface area contributed by atoms with Gasteiger partial charge in [-0.2, -0.15) is 0 Å². The largest absolute Gasteiger partial charge is 0.354 e. The van der Waals surface area contributed by atoms with Crippen molar-refractivity contribution in [3.8, 4) is 0 Å². The zero-order chi connectivity index (χ0) is 11.2. The highest BCUT2D eigenvalue weighted by Gasteiger charge is 2.20. The topological polar surface area (TPSA) is 41.1 Å². The molecule has 0 spiro atoms. The van der Waals surface area contributed by atoms with Gasteiger partial charge in [0.25, 0.3) is 0 Å². The van der Waals surface area contributed by atoms with Crippen LogP contribution in [0.15, 0.2) is 12.2 Å². The lowest BCUT2D eigenvalue weighted by molar-refractivity contribution is -0.125. The monoisotopic (exact) mass is 222 g/mol. The maximum atomic E-state index is 11.9. The number of allylic oxidation sites excluding steroid dienone is 2. The summed E-state index contributed by atoms with van der Waals surface area (Å²) in [7, 11) is 0. The molecule has 0 aromatic heterocycles. The molecule has 90 valence electrons. The molecule has 1 fully saturated rings. The number of carbonyl (C=O) groups excluding carboxylic acids is 1. The first-order valence-corrected chi connectivity index (χ1v) is 6.52. The molecule has 1 saturated heterocycles. The Bertz CT molecular complexity index is 257. The number of hydrogen-bond acceptors (Lipinski definition) is 2. The van der Waals surface area contributed by atoms with E-state index in [1.807, 2.05) is 0 Å². The van der Waals surface area contributed by atoms with Crippen molar-refractivity contribution in [1.82, 2.24) is 10.6 Å². The van der Waals surface area contributed by atoms with Crippen molar-refractivity contribution in [3.05, 3.63) is 12.2 Å². The smallest absolute Gasteiger partial charge is 0.223 e. The molecular formula is C13H22N2O. The fourth-order valence-electron chi connectivity index (χ4n) is 2.50. The van der Waals surface area contributed by atoms with E-state index in [9.17, 15) is 4.79 Å². The van der Waals surface area contributed by atoms with Crippen LogP contribution in [0.4, 0.5) is 0 Å². The van der Waals surface area contributed by atoms with E-state index in [1.165, 1.54) is 19.3 Å². The zero-order valence-electron chi connectivity index (χ0n) is 9.87. The lowest BCUT2D eigenvalue weighted by Gasteiger charge is -2.25. The Balaban J connectivity index is 1.68. The van der Waals surface area contributed by atoms with E-state index in [1.54, 1.807) is 0 Å². The third kappa shape index (κ3) is 3.34. The molecule has 0 bridgehead atoms. The molecule has 2 rings (SSSR count). The quantitative estimate of drug-likeness (QED) is 0.712. The van der Waals surface area contributed by atoms with Gasteiger partial charge in [-0.05, 0) is 38.6 Å². The van der Waals surface area contributed by atoms with Crippen LogP contribution >= 0.6 is 0 Å². The first kappa shape index (κ1) is 11.6. The summed E-state index contributed by atoms with van der Waals surface area (Å²) in [6, 6.07) is 0.497. The molecule has 1 heterocycles. The average molecular weight is 222 g/mol. The summed E-state index contributed by atoms with van der Waals surface area (Å²) < 4.78 is 0. The summed E-state index contributed by atoms with van der Waals surface area (Å²) in [6.45, 7) is 1.91. The molecule has 2 unspecified atom stereocenters. The molecule has 0 saturated carbocycles. The molecule has 1 aliphatic heterocycles. The Morgan fingerprint density at radius 3 is 2.94 bits per heavy atom. The van der Waals surface area contributed by atoms with Gasteiger partial charge < -0.3 is 10.6 Å². The van der Waals surface area contributed by atoms with Gasteiger partial charge in [0.1, 0.15) is 0 Å². The Labute approximate surface area is 97.7 Å². The molecule has 1 aliphatic carbocycles. The molecule has 2 aliphatic rings. The Morgan fingerprint density at radius 2 is 2.25 bits per heavy atom. The predicted molar refractivity (Wildman–Crippen MR) is 65.1 cm³/mol. The van der Waals surface area contributed by atoms with Gasteiger partial charge in [-0.3, -0.25) is 4.79 Å². The molecule has 16 heavy (non-hydrogen) atoms. The minimum absolute atomic E-state index is 0.216. The number of hydrogen-bond donors (Lipinski definition) is 2. The van der Waals surface area contributed by atoms with E-state index < -0.39 is 0 Å². The SMILES string of the molecule is O=C(NCC1CCCCN1)C1CC=CCC1. The number of carbonyl (C=O) groups is 1. The number of piperidine rings is 1. The van der Waals surface area contributed by atoms with Gasteiger partial charge in [-0.15, -0.1) is 0 Å². The number of rotatable bonds is 3. The van der Waals surface area contributed by atoms with Crippen LogP contribution in [0.2, 0.25) is 0 Å². The van der Waals surface area contributed by atoms with Crippen LogP contribution in [0.5, 0.6) is 0 Å². The van der Waals surface area contributed by atoms with Crippen molar-refractivity contribution in [2.24, 2.45) is 5.92 Å². The van der Waals surface area contributed by atoms with E-state index in [4.69, 9.17) is 0 Å². The van der Waals surface area contributed by atoms with Gasteiger partial charge >= 0.3 is 0 Å². The molecule has 0 aromatic carbocycles. The average Bonchev–Trinajstić information content (AvgIpc) is 2.38. The molecule has 0 aromatic rings. The minimum Gasteiger partial charge on any atom is -0.354 e. The summed E-state index contributed by atoms with van der Waals surface area (Å²) in [4.78, 5) is 11.9. The van der Waals surface area contributed by atoms with Gasteiger partial charge in [-0.25, -0.2) is 0 Å². The second-order valence-corrected chi connectivity index (χ2v) is 4.87. The van der Waals surface area contributed by atoms with Crippen molar-refractivity contribution in [2.45, 2.75) is 44.6 Å². The van der Waals surface area contributed by atoms with Gasteiger partial charge in [-0.1, -0.05) is 18.6 Å². The highest BCUT2D eigenvalue weighted by molar-refractivity contribution is 5.79. The van der Waals surface area contributed by atoms with Gasteiger partial charge in [0.15, 0.2) is 0 Å². The second kappa shape index (κ2) is 6.04. The predicted octanol–water partition coefficient (Wildman–Crippen LogP) is 1.60. The lowest BCUT2D eigenvalue weighted by atomic mass is 9.93. The molecular weight excluding hydrogens is 200 g/mol. The van der Waals surface area contributed by atoms with Crippen LogP contribution in [-0.2, 0) is 4.79 Å². The third-order valence-electron chi connectivity index (χ3n) is 3.57. The third-order valence-corrected chi connectivity index (χ3v) is 3.57. The van der Waals surface area contributed by atoms with Crippen LogP contribution in [0.1, 0.15) is 38.5 Å². The van der Waals surface area contributed by atoms with Crippen LogP contribution in [0.3, 0.4) is 0 Å². The standard InChI is InChI=1S/C13H22N2O/c16-13(11-6-2-1-3-7-11)15-10-12-8-4-5-9-14-12/h1-2,11-12,14H,3-10H2,(H,15,16). The molecule has 3 heteroatoms. The molecule has 2 atom stereocenters. The highest BCUT2D eigenvalue weighted by Crippen LogP contribution is 2.18. The van der Waals surface area contributed by atoms with Crippen LogP contribution in [0.25, 0.3) is 0 Å². The minimum atomic E-state index is 0.216. The summed E-state index contributed by atoms with van der Waals surface area (Å²) in [5.41, 5.74) is 0. The van der Waals surface area contributed by atoms with Gasteiger partial charge in [0.05, 0.1) is 0 Å². The maximum absolute atomic E-state index is 11.9. The fourth-order valence-corrected chi connectivity index (χ4v) is 2.50. The summed E-state index contributed by atoms with van der Waals surface area (Å²) in [5, 5.41) is 6.54. The van der Waals surface area contributed by atoms with Crippen molar-refractivity contribution < 1.29 is 4.79 Å². The highest BCUT2D eigenvalue weighted by atomic mass is 16.1. The second-order valence-electron chi connectivity index (χ2n) is 4.87. The maximum Gasteiger partial charge on any atom is 0.223 e. The van der Waals surface area contributed by atoms with Crippen LogP contribution in [0, 0.1) is 5.92 Å². The molecule has 2 N–H and O–H groups in total. The molecule has 3 nitrogen and oxygen atoms in total.